The molecule has 4 rings (SSSR count). The van der Waals surface area contributed by atoms with Gasteiger partial charge in [-0.3, -0.25) is 15.0 Å². The van der Waals surface area contributed by atoms with Crippen molar-refractivity contribution in [2.45, 2.75) is 44.3 Å². The Morgan fingerprint density at radius 1 is 1.21 bits per heavy atom. The molecule has 0 amide bonds. The number of hydrogen-bond donors (Lipinski definition) is 0. The summed E-state index contributed by atoms with van der Waals surface area (Å²) in [6.45, 7) is 0.892. The fourth-order valence-corrected chi connectivity index (χ4v) is 4.56. The van der Waals surface area contributed by atoms with Gasteiger partial charge in [0.1, 0.15) is 0 Å². The third-order valence-electron chi connectivity index (χ3n) is 5.95. The summed E-state index contributed by atoms with van der Waals surface area (Å²) in [5.74, 6) is -0.567. The highest BCUT2D eigenvalue weighted by Gasteiger charge is 2.35. The van der Waals surface area contributed by atoms with Crippen molar-refractivity contribution < 1.29 is 14.5 Å². The molecule has 2 aliphatic rings. The molecule has 0 radical (unpaired) electrons. The first-order chi connectivity index (χ1) is 14.1. The Balaban J connectivity index is 1.66. The maximum absolute atomic E-state index is 11.8. The Hall–Kier alpha value is -2.99. The summed E-state index contributed by atoms with van der Waals surface area (Å²) in [7, 11) is 1.27. The molecule has 2 aromatic carbocycles. The predicted octanol–water partition coefficient (Wildman–Crippen LogP) is 4.59. The zero-order chi connectivity index (χ0) is 20.4. The van der Waals surface area contributed by atoms with Crippen LogP contribution in [0.3, 0.4) is 0 Å². The van der Waals surface area contributed by atoms with Crippen molar-refractivity contribution >= 4 is 17.2 Å². The molecule has 6 heteroatoms. The van der Waals surface area contributed by atoms with Gasteiger partial charge < -0.3 is 4.74 Å². The van der Waals surface area contributed by atoms with Crippen LogP contribution in [0.5, 0.6) is 0 Å². The van der Waals surface area contributed by atoms with Gasteiger partial charge in [-0.2, -0.15) is 0 Å². The zero-order valence-corrected chi connectivity index (χ0v) is 16.4. The van der Waals surface area contributed by atoms with Crippen LogP contribution < -0.4 is 0 Å². The van der Waals surface area contributed by atoms with Crippen molar-refractivity contribution in [1.82, 2.24) is 4.90 Å². The SMILES string of the molecule is COC(=O)c1ccc(C2=CC3CCCC(C2)N3Cc2ccccc2)c([N+](=O)[O-])c1. The van der Waals surface area contributed by atoms with Gasteiger partial charge in [0.2, 0.25) is 0 Å². The molecule has 0 N–H and O–H groups in total. The number of nitro groups is 1. The van der Waals surface area contributed by atoms with Gasteiger partial charge in [0, 0.05) is 24.7 Å². The summed E-state index contributed by atoms with van der Waals surface area (Å²) in [6.07, 6.45) is 6.30. The minimum absolute atomic E-state index is 0.0336. The topological polar surface area (TPSA) is 72.7 Å². The number of nitro benzene ring substituents is 1. The fraction of sp³-hybridized carbons (Fsp3) is 0.348. The quantitative estimate of drug-likeness (QED) is 0.423. The van der Waals surface area contributed by atoms with E-state index in [1.54, 1.807) is 12.1 Å². The van der Waals surface area contributed by atoms with Crippen molar-refractivity contribution in [2.24, 2.45) is 0 Å². The normalized spacial score (nSPS) is 21.3. The molecule has 2 heterocycles. The van der Waals surface area contributed by atoms with Crippen LogP contribution in [0.25, 0.3) is 5.57 Å². The second kappa shape index (κ2) is 8.17. The third kappa shape index (κ3) is 3.93. The van der Waals surface area contributed by atoms with Crippen LogP contribution in [0.4, 0.5) is 5.69 Å². The molecule has 0 spiro atoms. The van der Waals surface area contributed by atoms with E-state index in [2.05, 4.69) is 35.2 Å². The lowest BCUT2D eigenvalue weighted by atomic mass is 9.82. The Morgan fingerprint density at radius 2 is 2.00 bits per heavy atom. The van der Waals surface area contributed by atoms with Crippen molar-refractivity contribution in [3.8, 4) is 0 Å². The maximum Gasteiger partial charge on any atom is 0.338 e. The van der Waals surface area contributed by atoms with Crippen LogP contribution in [-0.4, -0.2) is 35.0 Å². The van der Waals surface area contributed by atoms with Crippen LogP contribution in [0.15, 0.2) is 54.6 Å². The Morgan fingerprint density at radius 3 is 2.69 bits per heavy atom. The lowest BCUT2D eigenvalue weighted by Crippen LogP contribution is -2.47. The van der Waals surface area contributed by atoms with Gasteiger partial charge in [0.25, 0.3) is 5.69 Å². The average Bonchev–Trinajstić information content (AvgIpc) is 2.73. The van der Waals surface area contributed by atoms with E-state index in [0.717, 1.165) is 31.4 Å². The average molecular weight is 392 g/mol. The summed E-state index contributed by atoms with van der Waals surface area (Å²) < 4.78 is 4.70. The van der Waals surface area contributed by atoms with Gasteiger partial charge in [-0.05, 0) is 42.5 Å². The number of rotatable bonds is 5. The molecule has 0 aromatic heterocycles. The standard InChI is InChI=1S/C23H24N2O4/c1-29-23(26)17-10-11-21(22(14-17)25(27)28)18-12-19-8-5-9-20(13-18)24(19)15-16-6-3-2-4-7-16/h2-4,6-7,10-12,14,19-20H,5,8-9,13,15H2,1H3. The van der Waals surface area contributed by atoms with Crippen LogP contribution in [0, 0.1) is 10.1 Å². The van der Waals surface area contributed by atoms with Gasteiger partial charge in [0.15, 0.2) is 0 Å². The molecular weight excluding hydrogens is 368 g/mol. The highest BCUT2D eigenvalue weighted by molar-refractivity contribution is 5.91. The molecule has 0 saturated carbocycles. The molecule has 0 aliphatic carbocycles. The highest BCUT2D eigenvalue weighted by atomic mass is 16.6. The molecule has 150 valence electrons. The predicted molar refractivity (Wildman–Crippen MR) is 110 cm³/mol. The second-order valence-electron chi connectivity index (χ2n) is 7.69. The molecule has 2 unspecified atom stereocenters. The summed E-state index contributed by atoms with van der Waals surface area (Å²) in [5.41, 5.74) is 3.07. The van der Waals surface area contributed by atoms with Crippen LogP contribution >= 0.6 is 0 Å². The van der Waals surface area contributed by atoms with E-state index in [1.807, 2.05) is 6.07 Å². The van der Waals surface area contributed by atoms with E-state index >= 15 is 0 Å². The molecule has 2 aromatic rings. The molecule has 2 aliphatic heterocycles. The van der Waals surface area contributed by atoms with Crippen molar-refractivity contribution in [3.63, 3.8) is 0 Å². The van der Waals surface area contributed by atoms with Gasteiger partial charge in [-0.1, -0.05) is 42.8 Å². The number of fused-ring (bicyclic) bond motifs is 2. The Labute approximate surface area is 169 Å². The maximum atomic E-state index is 11.8. The number of piperidine rings is 1. The Kier molecular flexibility index (Phi) is 5.45. The lowest BCUT2D eigenvalue weighted by molar-refractivity contribution is -0.385. The molecule has 6 nitrogen and oxygen atoms in total. The molecule has 29 heavy (non-hydrogen) atoms. The van der Waals surface area contributed by atoms with Crippen molar-refractivity contribution in [3.05, 3.63) is 81.4 Å². The lowest BCUT2D eigenvalue weighted by Gasteiger charge is -2.45. The summed E-state index contributed by atoms with van der Waals surface area (Å²) in [5, 5.41) is 11.7. The number of esters is 1. The fourth-order valence-electron chi connectivity index (χ4n) is 4.56. The number of nitrogens with zero attached hydrogens (tertiary/aromatic N) is 2. The first kappa shape index (κ1) is 19.3. The molecule has 2 bridgehead atoms. The molecule has 2 atom stereocenters. The van der Waals surface area contributed by atoms with E-state index in [4.69, 9.17) is 4.74 Å². The smallest absolute Gasteiger partial charge is 0.338 e. The Bertz CT molecular complexity index is 955. The summed E-state index contributed by atoms with van der Waals surface area (Å²) in [4.78, 5) is 25.6. The first-order valence-electron chi connectivity index (χ1n) is 9.94. The number of ether oxygens (including phenoxy) is 1. The van der Waals surface area contributed by atoms with Crippen LogP contribution in [0.2, 0.25) is 0 Å². The summed E-state index contributed by atoms with van der Waals surface area (Å²) in [6, 6.07) is 15.7. The minimum Gasteiger partial charge on any atom is -0.465 e. The van der Waals surface area contributed by atoms with E-state index in [9.17, 15) is 14.9 Å². The van der Waals surface area contributed by atoms with E-state index in [-0.39, 0.29) is 17.3 Å². The van der Waals surface area contributed by atoms with Crippen molar-refractivity contribution in [2.75, 3.05) is 7.11 Å². The van der Waals surface area contributed by atoms with Gasteiger partial charge >= 0.3 is 5.97 Å². The van der Waals surface area contributed by atoms with Crippen LogP contribution in [-0.2, 0) is 11.3 Å². The number of methoxy groups -OCH3 is 1. The molecular formula is C23H24N2O4. The third-order valence-corrected chi connectivity index (χ3v) is 5.95. The van der Waals surface area contributed by atoms with E-state index in [0.29, 0.717) is 11.6 Å². The zero-order valence-electron chi connectivity index (χ0n) is 16.4. The molecule has 1 saturated heterocycles. The monoisotopic (exact) mass is 392 g/mol. The largest absolute Gasteiger partial charge is 0.465 e. The molecule has 1 fully saturated rings. The van der Waals surface area contributed by atoms with Crippen molar-refractivity contribution in [1.29, 1.82) is 0 Å². The second-order valence-corrected chi connectivity index (χ2v) is 7.69. The van der Waals surface area contributed by atoms with E-state index < -0.39 is 10.9 Å². The van der Waals surface area contributed by atoms with Gasteiger partial charge in [-0.25, -0.2) is 4.79 Å². The van der Waals surface area contributed by atoms with Crippen LogP contribution in [0.1, 0.15) is 47.2 Å². The number of hydrogen-bond acceptors (Lipinski definition) is 5. The number of carbonyl (C=O) groups is 1. The summed E-state index contributed by atoms with van der Waals surface area (Å²) >= 11 is 0. The highest BCUT2D eigenvalue weighted by Crippen LogP contribution is 2.40. The van der Waals surface area contributed by atoms with Gasteiger partial charge in [0.05, 0.1) is 23.2 Å². The first-order valence-corrected chi connectivity index (χ1v) is 9.94. The number of benzene rings is 2. The minimum atomic E-state index is -0.567. The number of carbonyl (C=O) groups excluding carboxylic acids is 1. The van der Waals surface area contributed by atoms with Gasteiger partial charge in [-0.15, -0.1) is 0 Å². The van der Waals surface area contributed by atoms with E-state index in [1.165, 1.54) is 25.2 Å².